The highest BCUT2D eigenvalue weighted by atomic mass is 35.5. The summed E-state index contributed by atoms with van der Waals surface area (Å²) >= 11 is 11.7. The molecule has 0 radical (unpaired) electrons. The average molecular weight is 380 g/mol. The van der Waals surface area contributed by atoms with E-state index in [1.54, 1.807) is 0 Å². The fourth-order valence-electron chi connectivity index (χ4n) is 3.99. The maximum absolute atomic E-state index is 5.97. The molecular weight excluding hydrogens is 350 g/mol. The Kier molecular flexibility index (Phi) is 7.38. The van der Waals surface area contributed by atoms with Gasteiger partial charge in [0.15, 0.2) is 5.11 Å². The molecule has 25 heavy (non-hydrogen) atoms. The van der Waals surface area contributed by atoms with Crippen LogP contribution in [0.2, 0.25) is 5.02 Å². The standard InChI is InChI=1S/C20H30ClN3S/c21-17-8-10-18(11-9-17)22-20(25)24-15-6-3-7-19(24)12-16-23-13-4-1-2-5-14-23/h8-11,19H,1-7,12-16H2,(H,22,25). The third-order valence-electron chi connectivity index (χ3n) is 5.46. The summed E-state index contributed by atoms with van der Waals surface area (Å²) in [6.45, 7) is 4.84. The first-order valence-corrected chi connectivity index (χ1v) is 10.6. The number of thiocarbonyl (C=S) groups is 1. The van der Waals surface area contributed by atoms with Crippen LogP contribution in [0.3, 0.4) is 0 Å². The number of anilines is 1. The van der Waals surface area contributed by atoms with E-state index < -0.39 is 0 Å². The van der Waals surface area contributed by atoms with Crippen LogP contribution in [0, 0.1) is 0 Å². The molecule has 1 unspecified atom stereocenters. The van der Waals surface area contributed by atoms with Crippen molar-refractivity contribution in [1.29, 1.82) is 0 Å². The zero-order valence-electron chi connectivity index (χ0n) is 15.1. The molecule has 0 aromatic heterocycles. The Balaban J connectivity index is 1.54. The van der Waals surface area contributed by atoms with Crippen molar-refractivity contribution in [2.45, 2.75) is 57.4 Å². The van der Waals surface area contributed by atoms with Crippen molar-refractivity contribution < 1.29 is 0 Å². The summed E-state index contributed by atoms with van der Waals surface area (Å²) in [5, 5.41) is 5.02. The minimum Gasteiger partial charge on any atom is -0.346 e. The Labute approximate surface area is 162 Å². The van der Waals surface area contributed by atoms with Crippen LogP contribution >= 0.6 is 23.8 Å². The quantitative estimate of drug-likeness (QED) is 0.728. The predicted molar refractivity (Wildman–Crippen MR) is 112 cm³/mol. The largest absolute Gasteiger partial charge is 0.346 e. The second kappa shape index (κ2) is 9.75. The molecule has 0 saturated carbocycles. The van der Waals surface area contributed by atoms with Gasteiger partial charge in [-0.2, -0.15) is 0 Å². The van der Waals surface area contributed by atoms with Crippen LogP contribution in [0.5, 0.6) is 0 Å². The lowest BCUT2D eigenvalue weighted by molar-refractivity contribution is 0.195. The molecule has 3 nitrogen and oxygen atoms in total. The number of halogens is 1. The van der Waals surface area contributed by atoms with E-state index in [9.17, 15) is 0 Å². The van der Waals surface area contributed by atoms with Crippen molar-refractivity contribution in [3.05, 3.63) is 29.3 Å². The second-order valence-corrected chi connectivity index (χ2v) is 8.15. The molecule has 0 amide bonds. The van der Waals surface area contributed by atoms with E-state index in [0.29, 0.717) is 6.04 Å². The predicted octanol–water partition coefficient (Wildman–Crippen LogP) is 5.16. The van der Waals surface area contributed by atoms with Crippen molar-refractivity contribution in [3.8, 4) is 0 Å². The number of nitrogens with one attached hydrogen (secondary N) is 1. The summed E-state index contributed by atoms with van der Waals surface area (Å²) in [6.07, 6.45) is 10.6. The fourth-order valence-corrected chi connectivity index (χ4v) is 4.47. The summed E-state index contributed by atoms with van der Waals surface area (Å²) in [5.41, 5.74) is 1.02. The number of benzene rings is 1. The van der Waals surface area contributed by atoms with E-state index in [1.807, 2.05) is 24.3 Å². The molecule has 2 heterocycles. The van der Waals surface area contributed by atoms with E-state index in [2.05, 4.69) is 15.1 Å². The summed E-state index contributed by atoms with van der Waals surface area (Å²) in [6, 6.07) is 8.36. The maximum Gasteiger partial charge on any atom is 0.173 e. The molecule has 0 aliphatic carbocycles. The van der Waals surface area contributed by atoms with Gasteiger partial charge in [-0.05, 0) is 88.1 Å². The van der Waals surface area contributed by atoms with Crippen molar-refractivity contribution >= 4 is 34.6 Å². The van der Waals surface area contributed by atoms with E-state index in [-0.39, 0.29) is 0 Å². The molecule has 0 bridgehead atoms. The molecule has 1 atom stereocenters. The molecule has 2 saturated heterocycles. The SMILES string of the molecule is S=C(Nc1ccc(Cl)cc1)N1CCCCC1CCN1CCCCCC1. The normalized spacial score (nSPS) is 22.4. The van der Waals surface area contributed by atoms with Crippen LogP contribution in [-0.4, -0.2) is 47.1 Å². The van der Waals surface area contributed by atoms with Gasteiger partial charge in [-0.15, -0.1) is 0 Å². The highest BCUT2D eigenvalue weighted by Crippen LogP contribution is 2.23. The zero-order chi connectivity index (χ0) is 17.5. The fraction of sp³-hybridized carbons (Fsp3) is 0.650. The molecular formula is C20H30ClN3S. The molecule has 1 N–H and O–H groups in total. The Hall–Kier alpha value is -0.840. The van der Waals surface area contributed by atoms with Crippen LogP contribution in [-0.2, 0) is 0 Å². The van der Waals surface area contributed by atoms with E-state index in [1.165, 1.54) is 71.0 Å². The van der Waals surface area contributed by atoms with Crippen LogP contribution < -0.4 is 5.32 Å². The summed E-state index contributed by atoms with van der Waals surface area (Å²) in [7, 11) is 0. The topological polar surface area (TPSA) is 18.5 Å². The Morgan fingerprint density at radius 2 is 1.68 bits per heavy atom. The van der Waals surface area contributed by atoms with Gasteiger partial charge < -0.3 is 15.1 Å². The second-order valence-electron chi connectivity index (χ2n) is 7.32. The van der Waals surface area contributed by atoms with Gasteiger partial charge in [0, 0.05) is 29.8 Å². The van der Waals surface area contributed by atoms with Gasteiger partial charge >= 0.3 is 0 Å². The number of hydrogen-bond donors (Lipinski definition) is 1. The average Bonchev–Trinajstić information content (AvgIpc) is 2.91. The number of nitrogens with zero attached hydrogens (tertiary/aromatic N) is 2. The van der Waals surface area contributed by atoms with Crippen LogP contribution in [0.1, 0.15) is 51.4 Å². The molecule has 2 aliphatic rings. The first-order chi connectivity index (χ1) is 12.2. The lowest BCUT2D eigenvalue weighted by atomic mass is 9.99. The third-order valence-corrected chi connectivity index (χ3v) is 6.05. The number of hydrogen-bond acceptors (Lipinski definition) is 2. The summed E-state index contributed by atoms with van der Waals surface area (Å²) < 4.78 is 0. The highest BCUT2D eigenvalue weighted by Gasteiger charge is 2.25. The van der Waals surface area contributed by atoms with Gasteiger partial charge in [0.1, 0.15) is 0 Å². The van der Waals surface area contributed by atoms with Crippen LogP contribution in [0.4, 0.5) is 5.69 Å². The lowest BCUT2D eigenvalue weighted by Gasteiger charge is -2.38. The van der Waals surface area contributed by atoms with Crippen molar-refractivity contribution in [1.82, 2.24) is 9.80 Å². The first kappa shape index (κ1) is 18.9. The first-order valence-electron chi connectivity index (χ1n) is 9.78. The highest BCUT2D eigenvalue weighted by molar-refractivity contribution is 7.80. The Morgan fingerprint density at radius 3 is 2.40 bits per heavy atom. The maximum atomic E-state index is 5.97. The number of piperidine rings is 1. The van der Waals surface area contributed by atoms with Gasteiger partial charge in [-0.1, -0.05) is 24.4 Å². The van der Waals surface area contributed by atoms with Gasteiger partial charge in [-0.25, -0.2) is 0 Å². The molecule has 1 aromatic carbocycles. The van der Waals surface area contributed by atoms with Crippen molar-refractivity contribution in [2.75, 3.05) is 31.5 Å². The van der Waals surface area contributed by atoms with Gasteiger partial charge in [0.25, 0.3) is 0 Å². The van der Waals surface area contributed by atoms with Crippen LogP contribution in [0.15, 0.2) is 24.3 Å². The third kappa shape index (κ3) is 5.83. The lowest BCUT2D eigenvalue weighted by Crippen LogP contribution is -2.47. The summed E-state index contributed by atoms with van der Waals surface area (Å²) in [4.78, 5) is 5.08. The Morgan fingerprint density at radius 1 is 1.00 bits per heavy atom. The van der Waals surface area contributed by atoms with E-state index in [0.717, 1.165) is 22.4 Å². The minimum atomic E-state index is 0.573. The molecule has 0 spiro atoms. The molecule has 138 valence electrons. The number of rotatable bonds is 4. The van der Waals surface area contributed by atoms with Crippen molar-refractivity contribution in [2.24, 2.45) is 0 Å². The Bertz CT molecular complexity index is 540. The summed E-state index contributed by atoms with van der Waals surface area (Å²) in [5.74, 6) is 0. The van der Waals surface area contributed by atoms with Crippen molar-refractivity contribution in [3.63, 3.8) is 0 Å². The molecule has 5 heteroatoms. The van der Waals surface area contributed by atoms with Gasteiger partial charge in [0.05, 0.1) is 0 Å². The van der Waals surface area contributed by atoms with E-state index >= 15 is 0 Å². The van der Waals surface area contributed by atoms with E-state index in [4.69, 9.17) is 23.8 Å². The smallest absolute Gasteiger partial charge is 0.173 e. The molecule has 1 aromatic rings. The zero-order valence-corrected chi connectivity index (χ0v) is 16.6. The van der Waals surface area contributed by atoms with Crippen LogP contribution in [0.25, 0.3) is 0 Å². The van der Waals surface area contributed by atoms with Gasteiger partial charge in [0.2, 0.25) is 0 Å². The van der Waals surface area contributed by atoms with Gasteiger partial charge in [-0.3, -0.25) is 0 Å². The monoisotopic (exact) mass is 379 g/mol. The number of likely N-dealkylation sites (tertiary alicyclic amines) is 2. The molecule has 3 rings (SSSR count). The minimum absolute atomic E-state index is 0.573. The molecule has 2 fully saturated rings. The molecule has 2 aliphatic heterocycles.